The first-order valence-corrected chi connectivity index (χ1v) is 6.70. The van der Waals surface area contributed by atoms with Crippen molar-refractivity contribution in [2.24, 2.45) is 0 Å². The highest BCUT2D eigenvalue weighted by molar-refractivity contribution is 5.42. The molecule has 2 aromatic heterocycles. The van der Waals surface area contributed by atoms with Gasteiger partial charge in [0.15, 0.2) is 5.82 Å². The second kappa shape index (κ2) is 7.02. The minimum atomic E-state index is 0.0538. The Labute approximate surface area is 118 Å². The van der Waals surface area contributed by atoms with E-state index in [0.717, 1.165) is 17.2 Å². The summed E-state index contributed by atoms with van der Waals surface area (Å²) in [6.07, 6.45) is 4.34. The summed E-state index contributed by atoms with van der Waals surface area (Å²) in [4.78, 5) is 6.52. The number of aryl methyl sites for hydroxylation is 1. The maximum Gasteiger partial charge on any atom is 0.155 e. The van der Waals surface area contributed by atoms with Crippen LogP contribution in [0.3, 0.4) is 0 Å². The summed E-state index contributed by atoms with van der Waals surface area (Å²) >= 11 is 0. The topological polar surface area (TPSA) is 74.4 Å². The first kappa shape index (κ1) is 14.5. The third kappa shape index (κ3) is 3.55. The molecular formula is C14H20N4O2. The lowest BCUT2D eigenvalue weighted by Gasteiger charge is -2.22. The second-order valence-electron chi connectivity index (χ2n) is 4.60. The van der Waals surface area contributed by atoms with E-state index in [1.807, 2.05) is 36.2 Å². The van der Waals surface area contributed by atoms with Crippen molar-refractivity contribution < 1.29 is 10.2 Å². The third-order valence-electron chi connectivity index (χ3n) is 2.95. The van der Waals surface area contributed by atoms with E-state index in [9.17, 15) is 0 Å². The van der Waals surface area contributed by atoms with Crippen molar-refractivity contribution in [1.82, 2.24) is 14.8 Å². The smallest absolute Gasteiger partial charge is 0.155 e. The maximum absolute atomic E-state index is 9.14. The number of rotatable bonds is 7. The molecule has 0 fully saturated rings. The average Bonchev–Trinajstić information content (AvgIpc) is 2.90. The number of pyridine rings is 1. The van der Waals surface area contributed by atoms with Crippen molar-refractivity contribution in [3.63, 3.8) is 0 Å². The molecule has 0 radical (unpaired) electrons. The van der Waals surface area contributed by atoms with Crippen LogP contribution in [0.5, 0.6) is 0 Å². The first-order valence-electron chi connectivity index (χ1n) is 6.70. The molecule has 0 saturated carbocycles. The highest BCUT2D eigenvalue weighted by Crippen LogP contribution is 2.14. The van der Waals surface area contributed by atoms with Gasteiger partial charge in [0.2, 0.25) is 0 Å². The van der Waals surface area contributed by atoms with Gasteiger partial charge < -0.3 is 15.1 Å². The second-order valence-corrected chi connectivity index (χ2v) is 4.60. The van der Waals surface area contributed by atoms with E-state index in [1.54, 1.807) is 10.9 Å². The molecule has 2 aromatic rings. The van der Waals surface area contributed by atoms with Crippen LogP contribution in [0.15, 0.2) is 30.6 Å². The van der Waals surface area contributed by atoms with E-state index in [1.165, 1.54) is 0 Å². The minimum absolute atomic E-state index is 0.0538. The number of hydrogen-bond donors (Lipinski definition) is 2. The van der Waals surface area contributed by atoms with Gasteiger partial charge in [0.05, 0.1) is 12.8 Å². The van der Waals surface area contributed by atoms with Crippen LogP contribution in [-0.2, 0) is 0 Å². The van der Waals surface area contributed by atoms with Crippen LogP contribution in [0, 0.1) is 6.92 Å². The van der Waals surface area contributed by atoms with Gasteiger partial charge in [0, 0.05) is 25.9 Å². The normalized spacial score (nSPS) is 10.8. The molecule has 0 aliphatic heterocycles. The Morgan fingerprint density at radius 2 is 2.05 bits per heavy atom. The number of hydrogen-bond acceptors (Lipinski definition) is 5. The van der Waals surface area contributed by atoms with Crippen LogP contribution in [0.1, 0.15) is 12.0 Å². The number of aliphatic hydroxyl groups is 2. The number of anilines is 1. The van der Waals surface area contributed by atoms with Gasteiger partial charge in [-0.25, -0.2) is 9.67 Å². The van der Waals surface area contributed by atoms with Crippen LogP contribution in [0.25, 0.3) is 5.82 Å². The van der Waals surface area contributed by atoms with Gasteiger partial charge in [-0.15, -0.1) is 0 Å². The zero-order valence-corrected chi connectivity index (χ0v) is 11.6. The summed E-state index contributed by atoms with van der Waals surface area (Å²) < 4.78 is 1.72. The van der Waals surface area contributed by atoms with Crippen molar-refractivity contribution in [3.05, 3.63) is 36.2 Å². The van der Waals surface area contributed by atoms with Crippen molar-refractivity contribution in [1.29, 1.82) is 0 Å². The molecule has 2 heterocycles. The Kier molecular flexibility index (Phi) is 5.09. The van der Waals surface area contributed by atoms with Gasteiger partial charge in [-0.3, -0.25) is 0 Å². The Hall–Kier alpha value is -1.92. The monoisotopic (exact) mass is 276 g/mol. The van der Waals surface area contributed by atoms with Crippen molar-refractivity contribution >= 4 is 5.82 Å². The van der Waals surface area contributed by atoms with Crippen LogP contribution >= 0.6 is 0 Å². The van der Waals surface area contributed by atoms with Crippen LogP contribution < -0.4 is 4.90 Å². The van der Waals surface area contributed by atoms with Crippen LogP contribution in [0.2, 0.25) is 0 Å². The Bertz CT molecular complexity index is 541. The lowest BCUT2D eigenvalue weighted by atomic mass is 10.3. The fraction of sp³-hybridized carbons (Fsp3) is 0.429. The van der Waals surface area contributed by atoms with Crippen molar-refractivity contribution in [2.45, 2.75) is 13.3 Å². The average molecular weight is 276 g/mol. The van der Waals surface area contributed by atoms with Gasteiger partial charge in [-0.1, -0.05) is 6.07 Å². The van der Waals surface area contributed by atoms with Gasteiger partial charge in [-0.05, 0) is 31.0 Å². The van der Waals surface area contributed by atoms with Gasteiger partial charge >= 0.3 is 0 Å². The summed E-state index contributed by atoms with van der Waals surface area (Å²) in [5.41, 5.74) is 1.07. The summed E-state index contributed by atoms with van der Waals surface area (Å²) in [6, 6.07) is 5.70. The van der Waals surface area contributed by atoms with E-state index in [4.69, 9.17) is 10.2 Å². The summed E-state index contributed by atoms with van der Waals surface area (Å²) in [5.74, 6) is 1.51. The molecule has 0 bridgehead atoms. The fourth-order valence-electron chi connectivity index (χ4n) is 1.98. The molecule has 0 aromatic carbocycles. The molecule has 0 saturated heterocycles. The Balaban J connectivity index is 2.22. The fourth-order valence-corrected chi connectivity index (χ4v) is 1.98. The van der Waals surface area contributed by atoms with Crippen molar-refractivity contribution in [3.8, 4) is 5.82 Å². The van der Waals surface area contributed by atoms with Crippen molar-refractivity contribution in [2.75, 3.05) is 31.2 Å². The summed E-state index contributed by atoms with van der Waals surface area (Å²) in [6.45, 7) is 3.31. The summed E-state index contributed by atoms with van der Waals surface area (Å²) in [7, 11) is 0. The Morgan fingerprint density at radius 1 is 1.20 bits per heavy atom. The lowest BCUT2D eigenvalue weighted by molar-refractivity contribution is 0.281. The molecule has 0 aliphatic rings. The molecule has 20 heavy (non-hydrogen) atoms. The quantitative estimate of drug-likeness (QED) is 0.781. The standard InChI is InChI=1S/C14H20N4O2/c1-12-10-15-18(11-12)14-5-2-4-13(16-14)17(7-9-20)6-3-8-19/h2,4-5,10-11,19-20H,3,6-9H2,1H3. The predicted molar refractivity (Wildman–Crippen MR) is 77.1 cm³/mol. The molecule has 108 valence electrons. The van der Waals surface area contributed by atoms with Crippen LogP contribution in [0.4, 0.5) is 5.82 Å². The number of nitrogens with zero attached hydrogens (tertiary/aromatic N) is 4. The molecule has 0 atom stereocenters. The SMILES string of the molecule is Cc1cnn(-c2cccc(N(CCO)CCCO)n2)c1. The van der Waals surface area contributed by atoms with E-state index in [0.29, 0.717) is 19.5 Å². The van der Waals surface area contributed by atoms with Gasteiger partial charge in [0.1, 0.15) is 5.82 Å². The highest BCUT2D eigenvalue weighted by Gasteiger charge is 2.09. The third-order valence-corrected chi connectivity index (χ3v) is 2.95. The zero-order chi connectivity index (χ0) is 14.4. The molecule has 2 rings (SSSR count). The highest BCUT2D eigenvalue weighted by atomic mass is 16.3. The van der Waals surface area contributed by atoms with E-state index in [-0.39, 0.29) is 13.2 Å². The van der Waals surface area contributed by atoms with Gasteiger partial charge in [-0.2, -0.15) is 5.10 Å². The van der Waals surface area contributed by atoms with E-state index >= 15 is 0 Å². The lowest BCUT2D eigenvalue weighted by Crippen LogP contribution is -2.29. The number of aliphatic hydroxyl groups excluding tert-OH is 2. The van der Waals surface area contributed by atoms with Gasteiger partial charge in [0.25, 0.3) is 0 Å². The molecular weight excluding hydrogens is 256 g/mol. The Morgan fingerprint density at radius 3 is 2.70 bits per heavy atom. The molecule has 0 unspecified atom stereocenters. The molecule has 6 heteroatoms. The van der Waals surface area contributed by atoms with Crippen LogP contribution in [-0.4, -0.2) is 51.3 Å². The molecule has 0 aliphatic carbocycles. The molecule has 0 spiro atoms. The molecule has 2 N–H and O–H groups in total. The molecule has 6 nitrogen and oxygen atoms in total. The van der Waals surface area contributed by atoms with E-state index in [2.05, 4.69) is 10.1 Å². The number of aromatic nitrogens is 3. The molecule has 0 amide bonds. The van der Waals surface area contributed by atoms with E-state index < -0.39 is 0 Å². The summed E-state index contributed by atoms with van der Waals surface area (Å²) in [5, 5.41) is 22.3. The maximum atomic E-state index is 9.14. The minimum Gasteiger partial charge on any atom is -0.396 e. The zero-order valence-electron chi connectivity index (χ0n) is 11.6. The predicted octanol–water partition coefficient (Wildman–Crippen LogP) is 0.757. The largest absolute Gasteiger partial charge is 0.396 e. The first-order chi connectivity index (χ1) is 9.74.